The molecule has 0 aliphatic rings. The summed E-state index contributed by atoms with van der Waals surface area (Å²) < 4.78 is 0.794. The molecule has 0 saturated heterocycles. The Kier molecular flexibility index (Phi) is 5.27. The summed E-state index contributed by atoms with van der Waals surface area (Å²) in [7, 11) is 0. The lowest BCUT2D eigenvalue weighted by atomic mass is 10.1. The summed E-state index contributed by atoms with van der Waals surface area (Å²) in [4.78, 5) is 14.2. The average molecular weight is 406 g/mol. The molecule has 3 rings (SSSR count). The predicted molar refractivity (Wildman–Crippen MR) is 95.8 cm³/mol. The van der Waals surface area contributed by atoms with E-state index in [9.17, 15) is 4.79 Å². The molecule has 0 unspecified atom stereocenters. The number of hydrogen-bond donors (Lipinski definition) is 1. The van der Waals surface area contributed by atoms with Crippen LogP contribution in [0.25, 0.3) is 0 Å². The lowest BCUT2D eigenvalue weighted by molar-refractivity contribution is 0.0931. The normalized spacial score (nSPS) is 11.9. The molecular weight excluding hydrogens is 392 g/mol. The highest BCUT2D eigenvalue weighted by molar-refractivity contribution is 9.10. The molecular formula is C17H14BrClN4O. The molecule has 1 N–H and O–H groups in total. The number of rotatable bonds is 5. The number of nitrogens with one attached hydrogen (secondary N) is 1. The van der Waals surface area contributed by atoms with Crippen LogP contribution in [0.2, 0.25) is 5.02 Å². The molecule has 1 aromatic heterocycles. The zero-order chi connectivity index (χ0) is 16.9. The van der Waals surface area contributed by atoms with E-state index >= 15 is 0 Å². The minimum Gasteiger partial charge on any atom is -0.343 e. The van der Waals surface area contributed by atoms with Crippen molar-refractivity contribution in [2.75, 3.05) is 0 Å². The number of amides is 1. The quantitative estimate of drug-likeness (QED) is 0.701. The minimum absolute atomic E-state index is 0.248. The van der Waals surface area contributed by atoms with Gasteiger partial charge in [-0.2, -0.15) is 15.0 Å². The molecule has 0 bridgehead atoms. The number of aromatic nitrogens is 3. The van der Waals surface area contributed by atoms with Crippen molar-refractivity contribution in [1.82, 2.24) is 20.3 Å². The minimum atomic E-state index is -0.277. The van der Waals surface area contributed by atoms with Crippen molar-refractivity contribution in [1.29, 1.82) is 0 Å². The van der Waals surface area contributed by atoms with E-state index in [1.807, 2.05) is 30.3 Å². The Morgan fingerprint density at radius 2 is 1.88 bits per heavy atom. The third-order valence-electron chi connectivity index (χ3n) is 3.49. The molecule has 1 atom stereocenters. The zero-order valence-electron chi connectivity index (χ0n) is 12.6. The van der Waals surface area contributed by atoms with Crippen LogP contribution >= 0.6 is 27.5 Å². The van der Waals surface area contributed by atoms with Crippen molar-refractivity contribution < 1.29 is 4.79 Å². The van der Waals surface area contributed by atoms with Gasteiger partial charge < -0.3 is 5.32 Å². The van der Waals surface area contributed by atoms with Crippen LogP contribution in [0.3, 0.4) is 0 Å². The highest BCUT2D eigenvalue weighted by atomic mass is 79.9. The number of benzene rings is 2. The molecule has 122 valence electrons. The molecule has 5 nitrogen and oxygen atoms in total. The zero-order valence-corrected chi connectivity index (χ0v) is 14.9. The van der Waals surface area contributed by atoms with Crippen LogP contribution in [0.1, 0.15) is 22.0 Å². The van der Waals surface area contributed by atoms with Crippen molar-refractivity contribution in [3.8, 4) is 0 Å². The molecule has 0 aliphatic carbocycles. The summed E-state index contributed by atoms with van der Waals surface area (Å²) in [6.45, 7) is 0.425. The standard InChI is InChI=1S/C17H14BrClN4O/c18-13-6-7-15(19)14(10-13)17(24)22-16(11-23-20-8-9-21-23)12-4-2-1-3-5-12/h1-10,16H,11H2,(H,22,24)/t16-/m1/s1. The Labute approximate surface area is 152 Å². The monoisotopic (exact) mass is 404 g/mol. The number of hydrogen-bond acceptors (Lipinski definition) is 3. The van der Waals surface area contributed by atoms with Crippen LogP contribution in [0.15, 0.2) is 65.4 Å². The topological polar surface area (TPSA) is 59.8 Å². The molecule has 0 saturated carbocycles. The Hall–Kier alpha value is -2.18. The molecule has 0 aliphatic heterocycles. The third kappa shape index (κ3) is 4.01. The van der Waals surface area contributed by atoms with Gasteiger partial charge in [-0.05, 0) is 23.8 Å². The maximum Gasteiger partial charge on any atom is 0.253 e. The van der Waals surface area contributed by atoms with Crippen LogP contribution in [0, 0.1) is 0 Å². The van der Waals surface area contributed by atoms with Gasteiger partial charge in [-0.25, -0.2) is 0 Å². The number of carbonyl (C=O) groups excluding carboxylic acids is 1. The molecule has 7 heteroatoms. The molecule has 2 aromatic carbocycles. The second-order valence-electron chi connectivity index (χ2n) is 5.14. The number of carbonyl (C=O) groups is 1. The van der Waals surface area contributed by atoms with Gasteiger partial charge in [0.25, 0.3) is 5.91 Å². The van der Waals surface area contributed by atoms with E-state index in [0.717, 1.165) is 10.0 Å². The smallest absolute Gasteiger partial charge is 0.253 e. The Morgan fingerprint density at radius 3 is 2.58 bits per heavy atom. The van der Waals surface area contributed by atoms with Crippen molar-refractivity contribution in [3.63, 3.8) is 0 Å². The molecule has 3 aromatic rings. The fourth-order valence-electron chi connectivity index (χ4n) is 2.33. The maximum atomic E-state index is 12.7. The first-order valence-corrected chi connectivity index (χ1v) is 8.45. The Bertz CT molecular complexity index is 824. The molecule has 24 heavy (non-hydrogen) atoms. The predicted octanol–water partition coefficient (Wildman–Crippen LogP) is 3.87. The average Bonchev–Trinajstić information content (AvgIpc) is 3.10. The van der Waals surface area contributed by atoms with Gasteiger partial charge in [0, 0.05) is 4.47 Å². The second-order valence-corrected chi connectivity index (χ2v) is 6.47. The van der Waals surface area contributed by atoms with Crippen LogP contribution in [-0.2, 0) is 6.54 Å². The van der Waals surface area contributed by atoms with Gasteiger partial charge in [-0.1, -0.05) is 57.9 Å². The summed E-state index contributed by atoms with van der Waals surface area (Å²) in [6.07, 6.45) is 3.21. The fraction of sp³-hybridized carbons (Fsp3) is 0.118. The van der Waals surface area contributed by atoms with Crippen molar-refractivity contribution in [2.45, 2.75) is 12.6 Å². The van der Waals surface area contributed by atoms with Crippen LogP contribution in [0.4, 0.5) is 0 Å². The summed E-state index contributed by atoms with van der Waals surface area (Å²) in [5, 5.41) is 11.6. The van der Waals surface area contributed by atoms with Gasteiger partial charge in [0.1, 0.15) is 0 Å². The number of halogens is 2. The summed E-state index contributed by atoms with van der Waals surface area (Å²) in [5.41, 5.74) is 1.38. The van der Waals surface area contributed by atoms with E-state index in [1.54, 1.807) is 35.4 Å². The summed E-state index contributed by atoms with van der Waals surface area (Å²) in [6, 6.07) is 14.6. The van der Waals surface area contributed by atoms with Gasteiger partial charge in [0.2, 0.25) is 0 Å². The van der Waals surface area contributed by atoms with E-state index in [-0.39, 0.29) is 11.9 Å². The highest BCUT2D eigenvalue weighted by Crippen LogP contribution is 2.22. The van der Waals surface area contributed by atoms with Gasteiger partial charge in [-0.3, -0.25) is 4.79 Å². The van der Waals surface area contributed by atoms with Crippen molar-refractivity contribution in [3.05, 3.63) is 81.5 Å². The van der Waals surface area contributed by atoms with Crippen LogP contribution in [0.5, 0.6) is 0 Å². The largest absolute Gasteiger partial charge is 0.343 e. The highest BCUT2D eigenvalue weighted by Gasteiger charge is 2.19. The first kappa shape index (κ1) is 16.7. The molecule has 0 spiro atoms. The second kappa shape index (κ2) is 7.59. The Morgan fingerprint density at radius 1 is 1.17 bits per heavy atom. The van der Waals surface area contributed by atoms with Gasteiger partial charge >= 0.3 is 0 Å². The molecule has 0 fully saturated rings. The SMILES string of the molecule is O=C(N[C@H](Cn1nccn1)c1ccccc1)c1cc(Br)ccc1Cl. The Balaban J connectivity index is 1.86. The molecule has 1 heterocycles. The molecule has 1 amide bonds. The fourth-order valence-corrected chi connectivity index (χ4v) is 2.89. The van der Waals surface area contributed by atoms with Crippen molar-refractivity contribution in [2.24, 2.45) is 0 Å². The maximum absolute atomic E-state index is 12.7. The third-order valence-corrected chi connectivity index (χ3v) is 4.32. The van der Waals surface area contributed by atoms with Crippen LogP contribution in [-0.4, -0.2) is 20.9 Å². The van der Waals surface area contributed by atoms with Gasteiger partial charge in [0.05, 0.1) is 35.6 Å². The lowest BCUT2D eigenvalue weighted by Gasteiger charge is -2.19. The summed E-state index contributed by atoms with van der Waals surface area (Å²) in [5.74, 6) is -0.248. The van der Waals surface area contributed by atoms with E-state index in [1.165, 1.54) is 0 Å². The lowest BCUT2D eigenvalue weighted by Crippen LogP contribution is -2.32. The number of nitrogens with zero attached hydrogens (tertiary/aromatic N) is 3. The first-order chi connectivity index (χ1) is 11.6. The van der Waals surface area contributed by atoms with Crippen LogP contribution < -0.4 is 5.32 Å². The summed E-state index contributed by atoms with van der Waals surface area (Å²) >= 11 is 9.51. The first-order valence-electron chi connectivity index (χ1n) is 7.28. The van der Waals surface area contributed by atoms with E-state index in [0.29, 0.717) is 17.1 Å². The van der Waals surface area contributed by atoms with Gasteiger partial charge in [0.15, 0.2) is 0 Å². The van der Waals surface area contributed by atoms with E-state index < -0.39 is 0 Å². The molecule has 0 radical (unpaired) electrons. The van der Waals surface area contributed by atoms with E-state index in [4.69, 9.17) is 11.6 Å². The van der Waals surface area contributed by atoms with Crippen molar-refractivity contribution >= 4 is 33.4 Å². The van der Waals surface area contributed by atoms with Gasteiger partial charge in [-0.15, -0.1) is 0 Å². The van der Waals surface area contributed by atoms with E-state index in [2.05, 4.69) is 31.4 Å².